The van der Waals surface area contributed by atoms with Gasteiger partial charge >= 0.3 is 5.97 Å². The van der Waals surface area contributed by atoms with Crippen LogP contribution in [-0.4, -0.2) is 30.9 Å². The molecule has 146 valence electrons. The van der Waals surface area contributed by atoms with E-state index in [1.54, 1.807) is 24.3 Å². The Bertz CT molecular complexity index is 851. The first kappa shape index (κ1) is 19.6. The Morgan fingerprint density at radius 3 is 2.43 bits per heavy atom. The van der Waals surface area contributed by atoms with Crippen LogP contribution in [-0.2, 0) is 20.7 Å². The van der Waals surface area contributed by atoms with Crippen LogP contribution < -0.4 is 10.6 Å². The molecule has 28 heavy (non-hydrogen) atoms. The van der Waals surface area contributed by atoms with E-state index >= 15 is 0 Å². The van der Waals surface area contributed by atoms with Gasteiger partial charge < -0.3 is 15.4 Å². The van der Waals surface area contributed by atoms with E-state index in [-0.39, 0.29) is 24.4 Å². The van der Waals surface area contributed by atoms with Crippen LogP contribution in [0.3, 0.4) is 0 Å². The van der Waals surface area contributed by atoms with Gasteiger partial charge in [-0.25, -0.2) is 0 Å². The lowest BCUT2D eigenvalue weighted by Gasteiger charge is -2.12. The molecule has 2 aromatic carbocycles. The smallest absolute Gasteiger partial charge is 0.309 e. The lowest BCUT2D eigenvalue weighted by molar-refractivity contribution is -0.148. The molecule has 0 spiro atoms. The van der Waals surface area contributed by atoms with Gasteiger partial charge in [-0.15, -0.1) is 0 Å². The molecule has 0 bridgehead atoms. The summed E-state index contributed by atoms with van der Waals surface area (Å²) in [6.07, 6.45) is 1.53. The van der Waals surface area contributed by atoms with E-state index in [1.807, 2.05) is 37.3 Å². The minimum atomic E-state index is -0.466. The highest BCUT2D eigenvalue weighted by atomic mass is 16.5. The molecule has 2 amide bonds. The zero-order valence-electron chi connectivity index (χ0n) is 15.8. The molecule has 2 aromatic rings. The Kier molecular flexibility index (Phi) is 6.42. The number of anilines is 1. The first-order chi connectivity index (χ1) is 13.5. The maximum atomic E-state index is 12.5. The fourth-order valence-electron chi connectivity index (χ4n) is 2.93. The van der Waals surface area contributed by atoms with Crippen molar-refractivity contribution in [2.24, 2.45) is 11.8 Å². The molecule has 0 radical (unpaired) electrons. The number of rotatable bonds is 8. The second kappa shape index (κ2) is 9.17. The molecular weight excluding hydrogens is 356 g/mol. The van der Waals surface area contributed by atoms with Gasteiger partial charge in [0.1, 0.15) is 0 Å². The van der Waals surface area contributed by atoms with Gasteiger partial charge in [-0.05, 0) is 36.5 Å². The third-order valence-corrected chi connectivity index (χ3v) is 4.75. The molecule has 0 saturated heterocycles. The highest BCUT2D eigenvalue weighted by Gasteiger charge is 2.40. The SMILES string of the molecule is C[C@H]1C[C@H]1C(=O)OCC(=O)Nc1ccccc1C(=O)NCCc1ccccc1. The summed E-state index contributed by atoms with van der Waals surface area (Å²) in [5, 5.41) is 5.51. The van der Waals surface area contributed by atoms with E-state index in [1.165, 1.54) is 0 Å². The van der Waals surface area contributed by atoms with Crippen molar-refractivity contribution < 1.29 is 19.1 Å². The molecule has 1 fully saturated rings. The molecule has 0 heterocycles. The summed E-state index contributed by atoms with van der Waals surface area (Å²) in [4.78, 5) is 36.3. The Morgan fingerprint density at radius 2 is 1.71 bits per heavy atom. The van der Waals surface area contributed by atoms with Gasteiger partial charge in [0.25, 0.3) is 11.8 Å². The molecule has 0 aliphatic heterocycles. The van der Waals surface area contributed by atoms with Crippen molar-refractivity contribution in [2.75, 3.05) is 18.5 Å². The molecule has 6 nitrogen and oxygen atoms in total. The molecule has 1 aliphatic carbocycles. The molecule has 6 heteroatoms. The van der Waals surface area contributed by atoms with E-state index in [2.05, 4.69) is 10.6 Å². The van der Waals surface area contributed by atoms with Gasteiger partial charge in [-0.1, -0.05) is 49.4 Å². The highest BCUT2D eigenvalue weighted by molar-refractivity contribution is 6.04. The molecular formula is C22H24N2O4. The average molecular weight is 380 g/mol. The number of ether oxygens (including phenoxy) is 1. The maximum absolute atomic E-state index is 12.5. The number of hydrogen-bond donors (Lipinski definition) is 2. The van der Waals surface area contributed by atoms with Crippen LogP contribution >= 0.6 is 0 Å². The lowest BCUT2D eigenvalue weighted by atomic mass is 10.1. The van der Waals surface area contributed by atoms with Crippen LogP contribution in [0.4, 0.5) is 5.69 Å². The van der Waals surface area contributed by atoms with Crippen molar-refractivity contribution in [3.05, 3.63) is 65.7 Å². The zero-order chi connectivity index (χ0) is 19.9. The third kappa shape index (κ3) is 5.42. The van der Waals surface area contributed by atoms with Crippen LogP contribution in [0.15, 0.2) is 54.6 Å². The first-order valence-electron chi connectivity index (χ1n) is 9.42. The van der Waals surface area contributed by atoms with E-state index < -0.39 is 5.91 Å². The summed E-state index contributed by atoms with van der Waals surface area (Å²) in [5.74, 6) is -0.831. The van der Waals surface area contributed by atoms with Crippen molar-refractivity contribution in [2.45, 2.75) is 19.8 Å². The van der Waals surface area contributed by atoms with Crippen LogP contribution in [0.25, 0.3) is 0 Å². The third-order valence-electron chi connectivity index (χ3n) is 4.75. The number of para-hydroxylation sites is 1. The molecule has 1 aliphatic rings. The quantitative estimate of drug-likeness (QED) is 0.690. The minimum absolute atomic E-state index is 0.0875. The largest absolute Gasteiger partial charge is 0.455 e. The number of carbonyl (C=O) groups excluding carboxylic acids is 3. The van der Waals surface area contributed by atoms with E-state index in [0.29, 0.717) is 23.7 Å². The van der Waals surface area contributed by atoms with Gasteiger partial charge in [0.2, 0.25) is 0 Å². The van der Waals surface area contributed by atoms with Crippen molar-refractivity contribution in [3.63, 3.8) is 0 Å². The first-order valence-corrected chi connectivity index (χ1v) is 9.42. The van der Waals surface area contributed by atoms with Gasteiger partial charge in [-0.3, -0.25) is 14.4 Å². The second-order valence-electron chi connectivity index (χ2n) is 7.01. The van der Waals surface area contributed by atoms with Crippen LogP contribution in [0.5, 0.6) is 0 Å². The topological polar surface area (TPSA) is 84.5 Å². The summed E-state index contributed by atoms with van der Waals surface area (Å²) in [6.45, 7) is 2.10. The Hall–Kier alpha value is -3.15. The van der Waals surface area contributed by atoms with Crippen molar-refractivity contribution in [1.29, 1.82) is 0 Å². The summed E-state index contributed by atoms with van der Waals surface area (Å²) in [7, 11) is 0. The maximum Gasteiger partial charge on any atom is 0.309 e. The summed E-state index contributed by atoms with van der Waals surface area (Å²) in [5.41, 5.74) is 1.89. The van der Waals surface area contributed by atoms with E-state index in [4.69, 9.17) is 4.74 Å². The van der Waals surface area contributed by atoms with Crippen LogP contribution in [0, 0.1) is 11.8 Å². The number of nitrogens with one attached hydrogen (secondary N) is 2. The van der Waals surface area contributed by atoms with Gasteiger partial charge in [0.05, 0.1) is 17.2 Å². The van der Waals surface area contributed by atoms with Crippen LogP contribution in [0.2, 0.25) is 0 Å². The second-order valence-corrected chi connectivity index (χ2v) is 7.01. The molecule has 3 rings (SSSR count). The fraction of sp³-hybridized carbons (Fsp3) is 0.318. The van der Waals surface area contributed by atoms with E-state index in [0.717, 1.165) is 18.4 Å². The predicted octanol–water partition coefficient (Wildman–Crippen LogP) is 2.80. The Balaban J connectivity index is 1.50. The standard InChI is InChI=1S/C22H24N2O4/c1-15-13-18(15)22(27)28-14-20(25)24-19-10-6-5-9-17(19)21(26)23-12-11-16-7-3-2-4-8-16/h2-10,15,18H,11-14H2,1H3,(H,23,26)(H,24,25)/t15-,18+/m0/s1. The Morgan fingerprint density at radius 1 is 1.04 bits per heavy atom. The van der Waals surface area contributed by atoms with Gasteiger partial charge in [0, 0.05) is 6.54 Å². The zero-order valence-corrected chi connectivity index (χ0v) is 15.8. The Labute approximate surface area is 164 Å². The van der Waals surface area contributed by atoms with Gasteiger partial charge in [-0.2, -0.15) is 0 Å². The molecule has 2 N–H and O–H groups in total. The number of carbonyl (C=O) groups is 3. The number of amides is 2. The number of hydrogen-bond acceptors (Lipinski definition) is 4. The number of benzene rings is 2. The van der Waals surface area contributed by atoms with Crippen molar-refractivity contribution >= 4 is 23.5 Å². The lowest BCUT2D eigenvalue weighted by Crippen LogP contribution is -2.28. The number of esters is 1. The van der Waals surface area contributed by atoms with Crippen molar-refractivity contribution in [3.8, 4) is 0 Å². The normalized spacial score (nSPS) is 17.5. The van der Waals surface area contributed by atoms with Crippen LogP contribution in [0.1, 0.15) is 29.3 Å². The molecule has 0 aromatic heterocycles. The molecule has 0 unspecified atom stereocenters. The van der Waals surface area contributed by atoms with E-state index in [9.17, 15) is 14.4 Å². The monoisotopic (exact) mass is 380 g/mol. The minimum Gasteiger partial charge on any atom is -0.455 e. The summed E-state index contributed by atoms with van der Waals surface area (Å²) >= 11 is 0. The van der Waals surface area contributed by atoms with Gasteiger partial charge in [0.15, 0.2) is 6.61 Å². The van der Waals surface area contributed by atoms with Crippen molar-refractivity contribution in [1.82, 2.24) is 5.32 Å². The summed E-state index contributed by atoms with van der Waals surface area (Å²) in [6, 6.07) is 16.6. The fourth-order valence-corrected chi connectivity index (χ4v) is 2.93. The average Bonchev–Trinajstić information content (AvgIpc) is 3.44. The summed E-state index contributed by atoms with van der Waals surface area (Å²) < 4.78 is 5.03. The molecule has 2 atom stereocenters. The highest BCUT2D eigenvalue weighted by Crippen LogP contribution is 2.38. The predicted molar refractivity (Wildman–Crippen MR) is 106 cm³/mol. The molecule has 1 saturated carbocycles.